The van der Waals surface area contributed by atoms with E-state index in [-0.39, 0.29) is 61.4 Å². The highest BCUT2D eigenvalue weighted by Gasteiger charge is 2.49. The smallest absolute Gasteiger partial charge is 0.324 e. The van der Waals surface area contributed by atoms with Gasteiger partial charge >= 0.3 is 6.18 Å². The van der Waals surface area contributed by atoms with Gasteiger partial charge in [-0.1, -0.05) is 31.6 Å². The molecular formula is C34H36F4N4O4. The molecule has 8 nitrogen and oxygen atoms in total. The summed E-state index contributed by atoms with van der Waals surface area (Å²) < 4.78 is 57.2. The molecule has 4 aliphatic rings. The Morgan fingerprint density at radius 2 is 1.76 bits per heavy atom. The highest BCUT2D eigenvalue weighted by molar-refractivity contribution is 6.06. The van der Waals surface area contributed by atoms with Gasteiger partial charge in [0.05, 0.1) is 0 Å². The number of carbonyl (C=O) groups excluding carboxylic acids is 4. The summed E-state index contributed by atoms with van der Waals surface area (Å²) in [6, 6.07) is 7.57. The van der Waals surface area contributed by atoms with Gasteiger partial charge in [-0.15, -0.1) is 0 Å². The normalized spacial score (nSPS) is 23.9. The molecule has 2 atom stereocenters. The molecule has 6 rings (SSSR count). The van der Waals surface area contributed by atoms with E-state index >= 15 is 0 Å². The number of piperidine rings is 1. The summed E-state index contributed by atoms with van der Waals surface area (Å²) in [5.41, 5.74) is 3.72. The Morgan fingerprint density at radius 3 is 2.46 bits per heavy atom. The van der Waals surface area contributed by atoms with Gasteiger partial charge in [-0.2, -0.15) is 13.2 Å². The molecule has 1 N–H and O–H groups in total. The zero-order valence-electron chi connectivity index (χ0n) is 25.8. The molecule has 0 radical (unpaired) electrons. The van der Waals surface area contributed by atoms with Gasteiger partial charge in [-0.3, -0.25) is 29.4 Å². The number of fused-ring (bicyclic) bond motifs is 1. The van der Waals surface area contributed by atoms with Gasteiger partial charge in [0.15, 0.2) is 0 Å². The van der Waals surface area contributed by atoms with Crippen LogP contribution in [0.1, 0.15) is 77.8 Å². The molecule has 4 amide bonds. The van der Waals surface area contributed by atoms with Crippen LogP contribution in [-0.4, -0.2) is 82.8 Å². The minimum absolute atomic E-state index is 0.00616. The molecule has 0 bridgehead atoms. The van der Waals surface area contributed by atoms with E-state index in [1.54, 1.807) is 17.0 Å². The van der Waals surface area contributed by atoms with Crippen molar-refractivity contribution in [1.29, 1.82) is 0 Å². The number of halogens is 4. The van der Waals surface area contributed by atoms with Crippen LogP contribution in [-0.2, 0) is 16.1 Å². The fourth-order valence-electron chi connectivity index (χ4n) is 7.11. The Bertz CT molecular complexity index is 1620. The lowest BCUT2D eigenvalue weighted by Gasteiger charge is -2.43. The number of amides is 4. The first-order valence-electron chi connectivity index (χ1n) is 15.5. The third-order valence-corrected chi connectivity index (χ3v) is 9.67. The van der Waals surface area contributed by atoms with Crippen LogP contribution in [0.4, 0.5) is 17.6 Å². The molecule has 2 aromatic rings. The number of benzene rings is 2. The maximum absolute atomic E-state index is 14.5. The molecule has 0 aromatic heterocycles. The number of nitrogens with one attached hydrogen (secondary N) is 1. The van der Waals surface area contributed by atoms with Crippen molar-refractivity contribution in [3.05, 3.63) is 76.1 Å². The summed E-state index contributed by atoms with van der Waals surface area (Å²) >= 11 is 0. The molecule has 1 aliphatic carbocycles. The summed E-state index contributed by atoms with van der Waals surface area (Å²) in [7, 11) is 0. The average Bonchev–Trinajstić information content (AvgIpc) is 3.32. The van der Waals surface area contributed by atoms with Crippen LogP contribution >= 0.6 is 0 Å². The lowest BCUT2D eigenvalue weighted by atomic mass is 9.72. The van der Waals surface area contributed by atoms with E-state index in [4.69, 9.17) is 0 Å². The second kappa shape index (κ2) is 11.9. The van der Waals surface area contributed by atoms with E-state index in [1.165, 1.54) is 35.2 Å². The Hall–Kier alpha value is -4.06. The number of nitrogens with zero attached hydrogens (tertiary/aromatic N) is 3. The monoisotopic (exact) mass is 640 g/mol. The van der Waals surface area contributed by atoms with E-state index in [9.17, 15) is 36.7 Å². The minimum Gasteiger partial charge on any atom is -0.324 e. The summed E-state index contributed by atoms with van der Waals surface area (Å²) in [6.07, 6.45) is -2.07. The van der Waals surface area contributed by atoms with Crippen LogP contribution in [0.25, 0.3) is 5.57 Å². The van der Waals surface area contributed by atoms with E-state index in [0.29, 0.717) is 12.1 Å². The van der Waals surface area contributed by atoms with E-state index in [1.807, 2.05) is 0 Å². The van der Waals surface area contributed by atoms with Gasteiger partial charge in [0.25, 0.3) is 11.8 Å². The van der Waals surface area contributed by atoms with Crippen molar-refractivity contribution in [2.45, 2.75) is 70.8 Å². The third kappa shape index (κ3) is 6.31. The van der Waals surface area contributed by atoms with Gasteiger partial charge in [0.1, 0.15) is 17.9 Å². The Morgan fingerprint density at radius 1 is 1.02 bits per heavy atom. The fourth-order valence-corrected chi connectivity index (χ4v) is 7.11. The van der Waals surface area contributed by atoms with Crippen molar-refractivity contribution >= 4 is 29.2 Å². The van der Waals surface area contributed by atoms with E-state index < -0.39 is 41.9 Å². The first kappa shape index (κ1) is 31.9. The molecule has 2 aromatic carbocycles. The fraction of sp³-hybridized carbons (Fsp3) is 0.471. The van der Waals surface area contributed by atoms with Crippen LogP contribution in [0.2, 0.25) is 0 Å². The largest absolute Gasteiger partial charge is 0.410 e. The van der Waals surface area contributed by atoms with Crippen molar-refractivity contribution in [3.63, 3.8) is 0 Å². The number of piperazine rings is 1. The second-order valence-corrected chi connectivity index (χ2v) is 13.5. The van der Waals surface area contributed by atoms with Gasteiger partial charge < -0.3 is 9.80 Å². The van der Waals surface area contributed by atoms with Gasteiger partial charge in [-0.25, -0.2) is 4.39 Å². The summed E-state index contributed by atoms with van der Waals surface area (Å²) in [6.45, 7) is 4.37. The number of carbonyl (C=O) groups is 4. The predicted octanol–water partition coefficient (Wildman–Crippen LogP) is 4.94. The van der Waals surface area contributed by atoms with Crippen LogP contribution in [0, 0.1) is 11.2 Å². The first-order chi connectivity index (χ1) is 21.7. The first-order valence-corrected chi connectivity index (χ1v) is 15.5. The second-order valence-electron chi connectivity index (χ2n) is 13.5. The molecule has 244 valence electrons. The molecule has 3 aliphatic heterocycles. The molecule has 0 spiro atoms. The van der Waals surface area contributed by atoms with Crippen LogP contribution in [0.5, 0.6) is 0 Å². The topological polar surface area (TPSA) is 90.0 Å². The Balaban J connectivity index is 1.20. The lowest BCUT2D eigenvalue weighted by Crippen LogP contribution is -2.60. The molecule has 2 saturated heterocycles. The van der Waals surface area contributed by atoms with Gasteiger partial charge in [-0.05, 0) is 78.1 Å². The molecular weight excluding hydrogens is 604 g/mol. The van der Waals surface area contributed by atoms with Crippen molar-refractivity contribution in [2.75, 3.05) is 26.2 Å². The number of alkyl halides is 3. The quantitative estimate of drug-likeness (QED) is 0.370. The Labute approximate surface area is 264 Å². The lowest BCUT2D eigenvalue weighted by molar-refractivity contribution is -0.188. The average molecular weight is 641 g/mol. The highest BCUT2D eigenvalue weighted by Crippen LogP contribution is 2.43. The molecule has 2 fully saturated rings. The molecule has 3 heterocycles. The highest BCUT2D eigenvalue weighted by atomic mass is 19.4. The predicted molar refractivity (Wildman–Crippen MR) is 161 cm³/mol. The standard InChI is InChI=1S/C34H36F4N4O4/c1-33(2)12-11-22(26(16-33)20-3-6-24(35)7-4-20)17-40-13-14-41(28(19-40)34(36,37)38)31(45)21-5-8-25-23(15-21)18-42(32(25)46)27-9-10-29(43)39-30(27)44/h3-8,15,27-28H,9-14,16-19H2,1-2H3,(H,39,43,44). The van der Waals surface area contributed by atoms with Crippen LogP contribution in [0.15, 0.2) is 48.0 Å². The zero-order valence-corrected chi connectivity index (χ0v) is 25.8. The van der Waals surface area contributed by atoms with Crippen molar-refractivity contribution in [3.8, 4) is 0 Å². The van der Waals surface area contributed by atoms with Crippen molar-refractivity contribution in [2.24, 2.45) is 5.41 Å². The number of imide groups is 1. The summed E-state index contributed by atoms with van der Waals surface area (Å²) in [5.74, 6) is -2.54. The SMILES string of the molecule is CC1(C)CCC(CN2CCN(C(=O)c3ccc4c(c3)CN(C3CCC(=O)NC3=O)C4=O)C(C(F)(F)F)C2)=C(c2ccc(F)cc2)C1. The third-order valence-electron chi connectivity index (χ3n) is 9.67. The Kier molecular flexibility index (Phi) is 8.28. The van der Waals surface area contributed by atoms with E-state index in [0.717, 1.165) is 40.9 Å². The maximum atomic E-state index is 14.5. The number of hydrogen-bond donors (Lipinski definition) is 1. The van der Waals surface area contributed by atoms with Crippen molar-refractivity contribution in [1.82, 2.24) is 20.0 Å². The number of hydrogen-bond acceptors (Lipinski definition) is 5. The van der Waals surface area contributed by atoms with Gasteiger partial charge in [0.2, 0.25) is 11.8 Å². The maximum Gasteiger partial charge on any atom is 0.410 e. The zero-order chi connectivity index (χ0) is 33.0. The van der Waals surface area contributed by atoms with Crippen LogP contribution in [0.3, 0.4) is 0 Å². The summed E-state index contributed by atoms with van der Waals surface area (Å²) in [4.78, 5) is 54.5. The van der Waals surface area contributed by atoms with E-state index in [2.05, 4.69) is 19.2 Å². The molecule has 2 unspecified atom stereocenters. The minimum atomic E-state index is -4.67. The van der Waals surface area contributed by atoms with Crippen LogP contribution < -0.4 is 5.32 Å². The number of allylic oxidation sites excluding steroid dienone is 1. The number of rotatable bonds is 5. The molecule has 46 heavy (non-hydrogen) atoms. The summed E-state index contributed by atoms with van der Waals surface area (Å²) in [5, 5.41) is 2.23. The van der Waals surface area contributed by atoms with Crippen molar-refractivity contribution < 1.29 is 36.7 Å². The molecule has 12 heteroatoms. The molecule has 0 saturated carbocycles. The van der Waals surface area contributed by atoms with Gasteiger partial charge in [0, 0.05) is 50.3 Å².